The number of aryl methyl sites for hydroxylation is 3. The van der Waals surface area contributed by atoms with Crippen molar-refractivity contribution in [2.24, 2.45) is 0 Å². The molecule has 0 saturated carbocycles. The highest BCUT2D eigenvalue weighted by atomic mass is 32.2. The second-order valence-electron chi connectivity index (χ2n) is 6.55. The van der Waals surface area contributed by atoms with Gasteiger partial charge < -0.3 is 4.98 Å². The van der Waals surface area contributed by atoms with Gasteiger partial charge in [0.05, 0.1) is 22.3 Å². The molecule has 1 N–H and O–H groups in total. The molecule has 6 nitrogen and oxygen atoms in total. The molecule has 0 aliphatic carbocycles. The Morgan fingerprint density at radius 2 is 1.96 bits per heavy atom. The number of benzene rings is 2. The van der Waals surface area contributed by atoms with Gasteiger partial charge in [0, 0.05) is 0 Å². The maximum atomic E-state index is 12.3. The molecule has 0 aliphatic heterocycles. The zero-order chi connectivity index (χ0) is 19.0. The van der Waals surface area contributed by atoms with E-state index in [9.17, 15) is 4.79 Å². The summed E-state index contributed by atoms with van der Waals surface area (Å²) in [5.41, 5.74) is 5.03. The van der Waals surface area contributed by atoms with E-state index in [1.165, 1.54) is 17.3 Å². The molecule has 4 aromatic rings. The Hall–Kier alpha value is -2.93. The fourth-order valence-corrected chi connectivity index (χ4v) is 3.91. The first-order valence-electron chi connectivity index (χ1n) is 8.62. The Morgan fingerprint density at radius 1 is 1.11 bits per heavy atom. The number of para-hydroxylation sites is 1. The molecule has 0 unspecified atom stereocenters. The van der Waals surface area contributed by atoms with Crippen LogP contribution in [0.15, 0.2) is 52.7 Å². The Labute approximate surface area is 160 Å². The smallest absolute Gasteiger partial charge is 0.258 e. The van der Waals surface area contributed by atoms with Crippen LogP contribution < -0.4 is 5.56 Å². The van der Waals surface area contributed by atoms with Gasteiger partial charge in [0.15, 0.2) is 5.16 Å². The molecular formula is C20H19N5OS. The van der Waals surface area contributed by atoms with Crippen LogP contribution in [0.5, 0.6) is 0 Å². The molecule has 0 fully saturated rings. The molecule has 0 spiro atoms. The van der Waals surface area contributed by atoms with Crippen LogP contribution in [-0.2, 0) is 5.75 Å². The van der Waals surface area contributed by atoms with Gasteiger partial charge in [0.2, 0.25) is 0 Å². The fourth-order valence-electron chi connectivity index (χ4n) is 3.12. The summed E-state index contributed by atoms with van der Waals surface area (Å²) in [4.78, 5) is 19.8. The average Bonchev–Trinajstić information content (AvgIpc) is 3.09. The summed E-state index contributed by atoms with van der Waals surface area (Å²) in [6.07, 6.45) is 1.71. The van der Waals surface area contributed by atoms with Gasteiger partial charge in [0.25, 0.3) is 5.56 Å². The highest BCUT2D eigenvalue weighted by Gasteiger charge is 2.12. The first kappa shape index (κ1) is 17.5. The van der Waals surface area contributed by atoms with Crippen LogP contribution in [0.25, 0.3) is 16.6 Å². The third-order valence-electron chi connectivity index (χ3n) is 4.45. The average molecular weight is 377 g/mol. The van der Waals surface area contributed by atoms with Gasteiger partial charge in [0.1, 0.15) is 12.2 Å². The number of thioether (sulfide) groups is 1. The van der Waals surface area contributed by atoms with Crippen LogP contribution in [0, 0.1) is 20.8 Å². The summed E-state index contributed by atoms with van der Waals surface area (Å²) in [6.45, 7) is 6.10. The molecule has 4 rings (SSSR count). The SMILES string of the molecule is Cc1ccc(-n2cnnc2SCc2nc3c(C)cccc3c(=O)[nH]2)c(C)c1. The van der Waals surface area contributed by atoms with E-state index in [0.29, 0.717) is 17.0 Å². The molecule has 2 aromatic heterocycles. The second-order valence-corrected chi connectivity index (χ2v) is 7.49. The predicted molar refractivity (Wildman–Crippen MR) is 107 cm³/mol. The zero-order valence-corrected chi connectivity index (χ0v) is 16.2. The van der Waals surface area contributed by atoms with Gasteiger partial charge >= 0.3 is 0 Å². The van der Waals surface area contributed by atoms with E-state index < -0.39 is 0 Å². The van der Waals surface area contributed by atoms with Crippen LogP contribution in [-0.4, -0.2) is 24.7 Å². The maximum Gasteiger partial charge on any atom is 0.258 e. The Bertz CT molecular complexity index is 1190. The lowest BCUT2D eigenvalue weighted by Gasteiger charge is -2.10. The maximum absolute atomic E-state index is 12.3. The lowest BCUT2D eigenvalue weighted by Crippen LogP contribution is -2.12. The number of aromatic nitrogens is 5. The van der Waals surface area contributed by atoms with E-state index >= 15 is 0 Å². The van der Waals surface area contributed by atoms with Crippen LogP contribution in [0.2, 0.25) is 0 Å². The standard InChI is InChI=1S/C20H19N5OS/c1-12-7-8-16(14(3)9-12)25-11-21-24-20(25)27-10-17-22-18-13(2)5-4-6-15(18)19(26)23-17/h4-9,11H,10H2,1-3H3,(H,22,23,26). The minimum Gasteiger partial charge on any atom is -0.309 e. The number of H-pyrrole nitrogens is 1. The molecule has 136 valence electrons. The first-order chi connectivity index (χ1) is 13.0. The molecule has 0 radical (unpaired) electrons. The Balaban J connectivity index is 1.64. The van der Waals surface area contributed by atoms with Crippen molar-refractivity contribution in [3.05, 3.63) is 75.6 Å². The number of nitrogens with one attached hydrogen (secondary N) is 1. The number of fused-ring (bicyclic) bond motifs is 1. The highest BCUT2D eigenvalue weighted by Crippen LogP contribution is 2.25. The lowest BCUT2D eigenvalue weighted by atomic mass is 10.1. The van der Waals surface area contributed by atoms with Gasteiger partial charge in [-0.2, -0.15) is 0 Å². The molecule has 2 aromatic carbocycles. The molecule has 27 heavy (non-hydrogen) atoms. The number of nitrogens with zero attached hydrogens (tertiary/aromatic N) is 4. The molecule has 0 bridgehead atoms. The molecule has 2 heterocycles. The van der Waals surface area contributed by atoms with E-state index in [-0.39, 0.29) is 5.56 Å². The fraction of sp³-hybridized carbons (Fsp3) is 0.200. The van der Waals surface area contributed by atoms with Crippen molar-refractivity contribution in [3.63, 3.8) is 0 Å². The number of rotatable bonds is 4. The van der Waals surface area contributed by atoms with Gasteiger partial charge in [-0.3, -0.25) is 9.36 Å². The first-order valence-corrected chi connectivity index (χ1v) is 9.60. The van der Waals surface area contributed by atoms with E-state index in [0.717, 1.165) is 27.5 Å². The number of aromatic amines is 1. The van der Waals surface area contributed by atoms with Crippen molar-refractivity contribution in [2.45, 2.75) is 31.7 Å². The highest BCUT2D eigenvalue weighted by molar-refractivity contribution is 7.98. The van der Waals surface area contributed by atoms with Gasteiger partial charge in [-0.05, 0) is 44.0 Å². The number of hydrogen-bond donors (Lipinski definition) is 1. The summed E-state index contributed by atoms with van der Waals surface area (Å²) in [5.74, 6) is 1.13. The van der Waals surface area contributed by atoms with Crippen LogP contribution >= 0.6 is 11.8 Å². The van der Waals surface area contributed by atoms with Gasteiger partial charge in [-0.25, -0.2) is 4.98 Å². The topological polar surface area (TPSA) is 76.5 Å². The molecule has 0 atom stereocenters. The van der Waals surface area contributed by atoms with Crippen molar-refractivity contribution in [1.29, 1.82) is 0 Å². The molecule has 0 amide bonds. The van der Waals surface area contributed by atoms with E-state index in [1.54, 1.807) is 12.4 Å². The third kappa shape index (κ3) is 3.38. The van der Waals surface area contributed by atoms with E-state index in [1.807, 2.05) is 23.6 Å². The molecular weight excluding hydrogens is 358 g/mol. The molecule has 7 heteroatoms. The van der Waals surface area contributed by atoms with Gasteiger partial charge in [-0.15, -0.1) is 10.2 Å². The summed E-state index contributed by atoms with van der Waals surface area (Å²) in [5, 5.41) is 9.66. The van der Waals surface area contributed by atoms with Crippen molar-refractivity contribution >= 4 is 22.7 Å². The monoisotopic (exact) mass is 377 g/mol. The quantitative estimate of drug-likeness (QED) is 0.549. The van der Waals surface area contributed by atoms with Crippen molar-refractivity contribution < 1.29 is 0 Å². The summed E-state index contributed by atoms with van der Waals surface area (Å²) < 4.78 is 1.96. The van der Waals surface area contributed by atoms with Crippen molar-refractivity contribution in [3.8, 4) is 5.69 Å². The summed E-state index contributed by atoms with van der Waals surface area (Å²) >= 11 is 1.49. The van der Waals surface area contributed by atoms with E-state index in [4.69, 9.17) is 0 Å². The van der Waals surface area contributed by atoms with Crippen LogP contribution in [0.3, 0.4) is 0 Å². The van der Waals surface area contributed by atoms with E-state index in [2.05, 4.69) is 52.2 Å². The summed E-state index contributed by atoms with van der Waals surface area (Å²) in [6, 6.07) is 11.9. The molecule has 0 saturated heterocycles. The minimum absolute atomic E-state index is 0.116. The lowest BCUT2D eigenvalue weighted by molar-refractivity contribution is 0.875. The molecule has 0 aliphatic rings. The van der Waals surface area contributed by atoms with Gasteiger partial charge in [-0.1, -0.05) is 41.6 Å². The largest absolute Gasteiger partial charge is 0.309 e. The van der Waals surface area contributed by atoms with Crippen LogP contribution in [0.4, 0.5) is 0 Å². The van der Waals surface area contributed by atoms with Crippen molar-refractivity contribution in [1.82, 2.24) is 24.7 Å². The normalized spacial score (nSPS) is 11.2. The van der Waals surface area contributed by atoms with Crippen molar-refractivity contribution in [2.75, 3.05) is 0 Å². The van der Waals surface area contributed by atoms with Crippen LogP contribution in [0.1, 0.15) is 22.5 Å². The second kappa shape index (κ2) is 7.00. The summed E-state index contributed by atoms with van der Waals surface area (Å²) in [7, 11) is 0. The number of hydrogen-bond acceptors (Lipinski definition) is 5. The zero-order valence-electron chi connectivity index (χ0n) is 15.4. The third-order valence-corrected chi connectivity index (χ3v) is 5.41. The Kier molecular flexibility index (Phi) is 4.53. The minimum atomic E-state index is -0.116. The Morgan fingerprint density at radius 3 is 2.78 bits per heavy atom. The predicted octanol–water partition coefficient (Wildman–Crippen LogP) is 3.72.